The molecule has 1 aromatic rings. The molecule has 1 unspecified atom stereocenters. The summed E-state index contributed by atoms with van der Waals surface area (Å²) in [6.45, 7) is 2.63. The largest absolute Gasteiger partial charge is 0.493 e. The van der Waals surface area contributed by atoms with Crippen molar-refractivity contribution < 1.29 is 14.6 Å². The minimum atomic E-state index is -0.925. The monoisotopic (exact) mass is 354 g/mol. The molecule has 0 amide bonds. The average Bonchev–Trinajstić information content (AvgIpc) is 2.67. The fraction of sp³-hybridized carbons (Fsp3) is 0.571. The number of benzene rings is 1. The van der Waals surface area contributed by atoms with E-state index in [0.29, 0.717) is 18.0 Å². The molecule has 3 atom stereocenters. The van der Waals surface area contributed by atoms with E-state index in [1.807, 2.05) is 19.1 Å². The summed E-state index contributed by atoms with van der Waals surface area (Å²) < 4.78 is 10.9. The summed E-state index contributed by atoms with van der Waals surface area (Å²) in [5.74, 6) is 1.62. The van der Waals surface area contributed by atoms with Crippen LogP contribution in [0.2, 0.25) is 0 Å². The number of nitriles is 1. The van der Waals surface area contributed by atoms with Gasteiger partial charge in [0.1, 0.15) is 5.72 Å². The number of nitrogens with zero attached hydrogens (tertiary/aromatic N) is 2. The Labute approximate surface area is 154 Å². The lowest BCUT2D eigenvalue weighted by molar-refractivity contribution is -0.137. The summed E-state index contributed by atoms with van der Waals surface area (Å²) in [6, 6.07) is 6.48. The average molecular weight is 354 g/mol. The third-order valence-corrected chi connectivity index (χ3v) is 6.50. The van der Waals surface area contributed by atoms with Crippen LogP contribution in [0, 0.1) is 23.2 Å². The Kier molecular flexibility index (Phi) is 4.11. The minimum absolute atomic E-state index is 0.122. The quantitative estimate of drug-likeness (QED) is 0.882. The third-order valence-electron chi connectivity index (χ3n) is 6.50. The highest BCUT2D eigenvalue weighted by molar-refractivity contribution is 5.78. The van der Waals surface area contributed by atoms with Gasteiger partial charge in [0.2, 0.25) is 0 Å². The van der Waals surface area contributed by atoms with Gasteiger partial charge >= 0.3 is 0 Å². The molecule has 138 valence electrons. The molecule has 0 bridgehead atoms. The van der Waals surface area contributed by atoms with Gasteiger partial charge in [0.25, 0.3) is 0 Å². The van der Waals surface area contributed by atoms with Crippen LogP contribution in [0.3, 0.4) is 0 Å². The lowest BCUT2D eigenvalue weighted by Gasteiger charge is -2.55. The van der Waals surface area contributed by atoms with Crippen molar-refractivity contribution in [2.24, 2.45) is 11.8 Å². The van der Waals surface area contributed by atoms with Gasteiger partial charge in [-0.05, 0) is 43.9 Å². The number of rotatable bonds is 2. The first-order chi connectivity index (χ1) is 12.5. The van der Waals surface area contributed by atoms with E-state index in [9.17, 15) is 10.4 Å². The molecular weight excluding hydrogens is 328 g/mol. The lowest BCUT2D eigenvalue weighted by atomic mass is 9.66. The van der Waals surface area contributed by atoms with Gasteiger partial charge in [-0.1, -0.05) is 12.8 Å². The number of allylic oxidation sites excluding steroid dienone is 1. The first-order valence-corrected chi connectivity index (χ1v) is 9.42. The number of ether oxygens (including phenoxy) is 2. The van der Waals surface area contributed by atoms with Gasteiger partial charge in [0.05, 0.1) is 31.6 Å². The molecule has 0 spiro atoms. The zero-order valence-electron chi connectivity index (χ0n) is 15.7. The van der Waals surface area contributed by atoms with Crippen LogP contribution in [-0.2, 0) is 6.42 Å². The van der Waals surface area contributed by atoms with Gasteiger partial charge in [0, 0.05) is 23.9 Å². The SMILES string of the molecule is COc1cc2c(cc1OC)C1=C(C#N)[C@@H]3CCCC[C@H]3C(C)(O)N1CC2. The van der Waals surface area contributed by atoms with Crippen LogP contribution < -0.4 is 9.47 Å². The van der Waals surface area contributed by atoms with Crippen LogP contribution in [0.25, 0.3) is 5.70 Å². The normalized spacial score (nSPS) is 30.0. The molecule has 0 radical (unpaired) electrons. The maximum Gasteiger partial charge on any atom is 0.161 e. The Bertz CT molecular complexity index is 806. The predicted molar refractivity (Wildman–Crippen MR) is 98.6 cm³/mol. The van der Waals surface area contributed by atoms with Crippen LogP contribution in [0.1, 0.15) is 43.7 Å². The van der Waals surface area contributed by atoms with Crippen molar-refractivity contribution in [2.45, 2.75) is 44.8 Å². The summed E-state index contributed by atoms with van der Waals surface area (Å²) in [5.41, 5.74) is 2.93. The Hall–Kier alpha value is -2.19. The molecule has 26 heavy (non-hydrogen) atoms. The second-order valence-corrected chi connectivity index (χ2v) is 7.73. The first kappa shape index (κ1) is 17.2. The number of fused-ring (bicyclic) bond motifs is 4. The van der Waals surface area contributed by atoms with Gasteiger partial charge < -0.3 is 19.5 Å². The number of methoxy groups -OCH3 is 2. The van der Waals surface area contributed by atoms with E-state index < -0.39 is 5.72 Å². The van der Waals surface area contributed by atoms with Crippen LogP contribution in [-0.4, -0.2) is 36.5 Å². The molecule has 5 heteroatoms. The van der Waals surface area contributed by atoms with E-state index in [1.54, 1.807) is 14.2 Å². The molecule has 1 N–H and O–H groups in total. The van der Waals surface area contributed by atoms with Crippen molar-refractivity contribution in [1.29, 1.82) is 5.26 Å². The highest BCUT2D eigenvalue weighted by atomic mass is 16.5. The summed E-state index contributed by atoms with van der Waals surface area (Å²) in [4.78, 5) is 2.06. The van der Waals surface area contributed by atoms with Crippen LogP contribution in [0.5, 0.6) is 11.5 Å². The summed E-state index contributed by atoms with van der Waals surface area (Å²) in [6.07, 6.45) is 5.01. The van der Waals surface area contributed by atoms with E-state index in [1.165, 1.54) is 0 Å². The van der Waals surface area contributed by atoms with Crippen molar-refractivity contribution in [3.05, 3.63) is 28.8 Å². The zero-order chi connectivity index (χ0) is 18.5. The van der Waals surface area contributed by atoms with Crippen LogP contribution >= 0.6 is 0 Å². The smallest absolute Gasteiger partial charge is 0.161 e. The van der Waals surface area contributed by atoms with Crippen LogP contribution in [0.15, 0.2) is 17.7 Å². The van der Waals surface area contributed by atoms with Crippen molar-refractivity contribution in [2.75, 3.05) is 20.8 Å². The highest BCUT2D eigenvalue weighted by Crippen LogP contribution is 2.53. The number of hydrogen-bond donors (Lipinski definition) is 1. The van der Waals surface area contributed by atoms with E-state index in [4.69, 9.17) is 9.47 Å². The zero-order valence-corrected chi connectivity index (χ0v) is 15.7. The first-order valence-electron chi connectivity index (χ1n) is 9.42. The Morgan fingerprint density at radius 2 is 1.88 bits per heavy atom. The van der Waals surface area contributed by atoms with Gasteiger partial charge in [-0.25, -0.2) is 0 Å². The van der Waals surface area contributed by atoms with Crippen molar-refractivity contribution in [3.63, 3.8) is 0 Å². The maximum absolute atomic E-state index is 11.5. The fourth-order valence-electron chi connectivity index (χ4n) is 5.22. The molecule has 1 saturated carbocycles. The molecule has 0 aromatic heterocycles. The lowest BCUT2D eigenvalue weighted by Crippen LogP contribution is -2.58. The number of aliphatic hydroxyl groups is 1. The molecule has 3 aliphatic rings. The molecule has 2 aliphatic heterocycles. The predicted octanol–water partition coefficient (Wildman–Crippen LogP) is 3.33. The van der Waals surface area contributed by atoms with Crippen molar-refractivity contribution in [1.82, 2.24) is 4.90 Å². The van der Waals surface area contributed by atoms with Gasteiger partial charge in [0.15, 0.2) is 11.5 Å². The fourth-order valence-corrected chi connectivity index (χ4v) is 5.22. The molecule has 5 nitrogen and oxygen atoms in total. The summed E-state index contributed by atoms with van der Waals surface area (Å²) in [7, 11) is 3.26. The second kappa shape index (κ2) is 6.21. The molecule has 1 fully saturated rings. The Morgan fingerprint density at radius 1 is 1.19 bits per heavy atom. The van der Waals surface area contributed by atoms with Gasteiger partial charge in [-0.3, -0.25) is 0 Å². The van der Waals surface area contributed by atoms with E-state index in [-0.39, 0.29) is 11.8 Å². The molecule has 2 heterocycles. The van der Waals surface area contributed by atoms with E-state index >= 15 is 0 Å². The Balaban J connectivity index is 1.95. The minimum Gasteiger partial charge on any atom is -0.493 e. The molecule has 1 aliphatic carbocycles. The van der Waals surface area contributed by atoms with Crippen LogP contribution in [0.4, 0.5) is 0 Å². The molecule has 1 aromatic carbocycles. The van der Waals surface area contributed by atoms with E-state index in [2.05, 4.69) is 11.0 Å². The standard InChI is InChI=1S/C21H26N2O3/c1-21(24)17-7-5-4-6-14(17)16(12-22)20-15-11-19(26-3)18(25-2)10-13(15)8-9-23(20)21/h10-11,14,17,24H,4-9H2,1-3H3/t14-,17+,21?/m0/s1. The van der Waals surface area contributed by atoms with Gasteiger partial charge in [-0.15, -0.1) is 0 Å². The van der Waals surface area contributed by atoms with E-state index in [0.717, 1.165) is 54.5 Å². The molecular formula is C21H26N2O3. The highest BCUT2D eigenvalue weighted by Gasteiger charge is 2.51. The van der Waals surface area contributed by atoms with Gasteiger partial charge in [-0.2, -0.15) is 5.26 Å². The van der Waals surface area contributed by atoms with Crippen molar-refractivity contribution >= 4 is 5.70 Å². The third kappa shape index (κ3) is 2.32. The maximum atomic E-state index is 11.5. The molecule has 4 rings (SSSR count). The summed E-state index contributed by atoms with van der Waals surface area (Å²) in [5, 5.41) is 21.5. The molecule has 0 saturated heterocycles. The number of hydrogen-bond acceptors (Lipinski definition) is 5. The Morgan fingerprint density at radius 3 is 2.58 bits per heavy atom. The topological polar surface area (TPSA) is 65.7 Å². The second-order valence-electron chi connectivity index (χ2n) is 7.73. The van der Waals surface area contributed by atoms with Crippen molar-refractivity contribution in [3.8, 4) is 17.6 Å². The summed E-state index contributed by atoms with van der Waals surface area (Å²) >= 11 is 0.